The minimum absolute atomic E-state index is 0.0335. The molecule has 0 amide bonds. The second-order valence-electron chi connectivity index (χ2n) is 4.32. The third-order valence-corrected chi connectivity index (χ3v) is 2.91. The van der Waals surface area contributed by atoms with Crippen LogP contribution < -0.4 is 10.2 Å². The maximum atomic E-state index is 11.0. The van der Waals surface area contributed by atoms with E-state index >= 15 is 0 Å². The fraction of sp³-hybridized carbons (Fsp3) is 0.133. The number of methoxy groups -OCH3 is 1. The highest BCUT2D eigenvalue weighted by Gasteiger charge is 2.14. The third kappa shape index (κ3) is 3.56. The quantitative estimate of drug-likeness (QED) is 0.518. The van der Waals surface area contributed by atoms with E-state index < -0.39 is 4.92 Å². The summed E-state index contributed by atoms with van der Waals surface area (Å²) in [5.41, 5.74) is 4.66. The van der Waals surface area contributed by atoms with E-state index in [1.54, 1.807) is 38.3 Å². The standard InChI is InChI=1S/C15H15N3O3/c1-11(14-8-3-4-9-15(14)18(19)20)16-17-12-6-5-7-13(10-12)21-2/h3-10,17H,1-2H3/b16-11-. The summed E-state index contributed by atoms with van der Waals surface area (Å²) in [6.07, 6.45) is 0. The van der Waals surface area contributed by atoms with E-state index in [2.05, 4.69) is 10.5 Å². The number of rotatable bonds is 5. The van der Waals surface area contributed by atoms with Gasteiger partial charge in [-0.15, -0.1) is 0 Å². The SMILES string of the molecule is COc1cccc(N/N=C(/C)c2ccccc2[N+](=O)[O-])c1. The molecule has 2 aromatic rings. The van der Waals surface area contributed by atoms with Gasteiger partial charge in [-0.3, -0.25) is 15.5 Å². The van der Waals surface area contributed by atoms with Gasteiger partial charge in [0.2, 0.25) is 0 Å². The molecule has 0 spiro atoms. The second-order valence-corrected chi connectivity index (χ2v) is 4.32. The van der Waals surface area contributed by atoms with E-state index in [0.29, 0.717) is 17.0 Å². The Kier molecular flexibility index (Phi) is 4.50. The molecule has 6 heteroatoms. The van der Waals surface area contributed by atoms with Crippen molar-refractivity contribution < 1.29 is 9.66 Å². The number of nitro benzene ring substituents is 1. The molecule has 0 bridgehead atoms. The molecule has 0 aliphatic carbocycles. The average Bonchev–Trinajstić information content (AvgIpc) is 2.52. The van der Waals surface area contributed by atoms with Crippen LogP contribution in [0.4, 0.5) is 11.4 Å². The summed E-state index contributed by atoms with van der Waals surface area (Å²) in [4.78, 5) is 10.6. The molecule has 108 valence electrons. The Morgan fingerprint density at radius 3 is 2.71 bits per heavy atom. The lowest BCUT2D eigenvalue weighted by molar-refractivity contribution is -0.385. The molecule has 0 saturated carbocycles. The molecule has 0 atom stereocenters. The van der Waals surface area contributed by atoms with Crippen LogP contribution in [0.3, 0.4) is 0 Å². The highest BCUT2D eigenvalue weighted by Crippen LogP contribution is 2.20. The zero-order chi connectivity index (χ0) is 15.2. The van der Waals surface area contributed by atoms with E-state index in [4.69, 9.17) is 4.74 Å². The van der Waals surface area contributed by atoms with E-state index in [9.17, 15) is 10.1 Å². The lowest BCUT2D eigenvalue weighted by atomic mass is 10.1. The van der Waals surface area contributed by atoms with Crippen LogP contribution in [0.15, 0.2) is 53.6 Å². The molecular weight excluding hydrogens is 270 g/mol. The number of para-hydroxylation sites is 1. The fourth-order valence-electron chi connectivity index (χ4n) is 1.84. The van der Waals surface area contributed by atoms with Crippen molar-refractivity contribution in [2.45, 2.75) is 6.92 Å². The molecule has 0 fully saturated rings. The minimum atomic E-state index is -0.417. The summed E-state index contributed by atoms with van der Waals surface area (Å²) >= 11 is 0. The van der Waals surface area contributed by atoms with Crippen molar-refractivity contribution in [2.75, 3.05) is 12.5 Å². The normalized spacial score (nSPS) is 11.0. The van der Waals surface area contributed by atoms with Gasteiger partial charge in [0, 0.05) is 12.1 Å². The predicted octanol–water partition coefficient (Wildman–Crippen LogP) is 3.44. The molecule has 0 aromatic heterocycles. The van der Waals surface area contributed by atoms with E-state index in [1.807, 2.05) is 18.2 Å². The van der Waals surface area contributed by atoms with Crippen molar-refractivity contribution >= 4 is 17.1 Å². The Morgan fingerprint density at radius 2 is 2.00 bits per heavy atom. The second kappa shape index (κ2) is 6.51. The van der Waals surface area contributed by atoms with Crippen LogP contribution in [-0.4, -0.2) is 17.7 Å². The minimum Gasteiger partial charge on any atom is -0.497 e. The first kappa shape index (κ1) is 14.5. The summed E-state index contributed by atoms with van der Waals surface area (Å²) in [7, 11) is 1.58. The van der Waals surface area contributed by atoms with Crippen LogP contribution in [0.25, 0.3) is 0 Å². The first-order valence-electron chi connectivity index (χ1n) is 6.30. The van der Waals surface area contributed by atoms with Crippen molar-refractivity contribution in [2.24, 2.45) is 5.10 Å². The number of hydrogen-bond acceptors (Lipinski definition) is 5. The molecule has 6 nitrogen and oxygen atoms in total. The van der Waals surface area contributed by atoms with Crippen LogP contribution in [0.2, 0.25) is 0 Å². The number of ether oxygens (including phenoxy) is 1. The average molecular weight is 285 g/mol. The number of benzene rings is 2. The Hall–Kier alpha value is -2.89. The van der Waals surface area contributed by atoms with Gasteiger partial charge >= 0.3 is 0 Å². The summed E-state index contributed by atoms with van der Waals surface area (Å²) in [5, 5.41) is 15.2. The maximum absolute atomic E-state index is 11.0. The fourth-order valence-corrected chi connectivity index (χ4v) is 1.84. The molecule has 0 saturated heterocycles. The number of nitrogens with zero attached hydrogens (tertiary/aromatic N) is 2. The van der Waals surface area contributed by atoms with Crippen LogP contribution in [0, 0.1) is 10.1 Å². The predicted molar refractivity (Wildman–Crippen MR) is 81.9 cm³/mol. The van der Waals surface area contributed by atoms with Gasteiger partial charge in [0.1, 0.15) is 5.75 Å². The molecule has 0 aliphatic rings. The van der Waals surface area contributed by atoms with Crippen LogP contribution >= 0.6 is 0 Å². The van der Waals surface area contributed by atoms with Crippen LogP contribution in [-0.2, 0) is 0 Å². The lowest BCUT2D eigenvalue weighted by Gasteiger charge is -2.06. The molecule has 0 unspecified atom stereocenters. The molecular formula is C15H15N3O3. The Morgan fingerprint density at radius 1 is 1.24 bits per heavy atom. The highest BCUT2D eigenvalue weighted by atomic mass is 16.6. The maximum Gasteiger partial charge on any atom is 0.278 e. The zero-order valence-electron chi connectivity index (χ0n) is 11.7. The first-order valence-corrected chi connectivity index (χ1v) is 6.30. The number of hydrogen-bond donors (Lipinski definition) is 1. The van der Waals surface area contributed by atoms with Crippen molar-refractivity contribution in [3.05, 3.63) is 64.2 Å². The number of nitrogens with one attached hydrogen (secondary N) is 1. The van der Waals surface area contributed by atoms with E-state index in [-0.39, 0.29) is 5.69 Å². The summed E-state index contributed by atoms with van der Waals surface area (Å²) in [6, 6.07) is 13.8. The zero-order valence-corrected chi connectivity index (χ0v) is 11.7. The Balaban J connectivity index is 2.23. The smallest absolute Gasteiger partial charge is 0.278 e. The van der Waals surface area contributed by atoms with Gasteiger partial charge in [-0.1, -0.05) is 18.2 Å². The summed E-state index contributed by atoms with van der Waals surface area (Å²) in [6.45, 7) is 1.72. The van der Waals surface area contributed by atoms with Gasteiger partial charge in [-0.25, -0.2) is 0 Å². The van der Waals surface area contributed by atoms with Gasteiger partial charge < -0.3 is 4.74 Å². The highest BCUT2D eigenvalue weighted by molar-refractivity contribution is 6.02. The van der Waals surface area contributed by atoms with Gasteiger partial charge in [0.25, 0.3) is 5.69 Å². The molecule has 0 radical (unpaired) electrons. The van der Waals surface area contributed by atoms with E-state index in [1.165, 1.54) is 6.07 Å². The van der Waals surface area contributed by atoms with Crippen LogP contribution in [0.5, 0.6) is 5.75 Å². The molecule has 0 heterocycles. The first-order chi connectivity index (χ1) is 10.1. The van der Waals surface area contributed by atoms with Gasteiger partial charge in [-0.2, -0.15) is 5.10 Å². The van der Waals surface area contributed by atoms with Crippen molar-refractivity contribution in [1.82, 2.24) is 0 Å². The monoisotopic (exact) mass is 285 g/mol. The molecule has 2 rings (SSSR count). The van der Waals surface area contributed by atoms with Crippen LogP contribution in [0.1, 0.15) is 12.5 Å². The number of nitro groups is 1. The number of anilines is 1. The van der Waals surface area contributed by atoms with Gasteiger partial charge in [0.05, 0.1) is 29.0 Å². The van der Waals surface area contributed by atoms with Gasteiger partial charge in [0.15, 0.2) is 0 Å². The van der Waals surface area contributed by atoms with E-state index in [0.717, 1.165) is 5.69 Å². The molecule has 2 aromatic carbocycles. The van der Waals surface area contributed by atoms with Crippen molar-refractivity contribution in [3.8, 4) is 5.75 Å². The van der Waals surface area contributed by atoms with Crippen molar-refractivity contribution in [3.63, 3.8) is 0 Å². The topological polar surface area (TPSA) is 76.8 Å². The Bertz CT molecular complexity index is 683. The molecule has 21 heavy (non-hydrogen) atoms. The summed E-state index contributed by atoms with van der Waals surface area (Å²) in [5.74, 6) is 0.707. The largest absolute Gasteiger partial charge is 0.497 e. The third-order valence-electron chi connectivity index (χ3n) is 2.91. The van der Waals surface area contributed by atoms with Gasteiger partial charge in [-0.05, 0) is 25.1 Å². The lowest BCUT2D eigenvalue weighted by Crippen LogP contribution is -2.03. The molecule has 1 N–H and O–H groups in total. The summed E-state index contributed by atoms with van der Waals surface area (Å²) < 4.78 is 5.12. The Labute approximate surface area is 122 Å². The van der Waals surface area contributed by atoms with Crippen molar-refractivity contribution in [1.29, 1.82) is 0 Å². The number of hydrazone groups is 1. The molecule has 0 aliphatic heterocycles.